The SMILES string of the molecule is CN(CCc1ccccn1)C(=O)c1cccc(OCc2cn3ccccc3n2)c1. The number of hydrogen-bond donors (Lipinski definition) is 0. The standard InChI is InChI=1S/C23H22N4O2/c1-26(14-11-19-8-2-4-12-24-19)23(28)18-7-6-9-21(15-18)29-17-20-16-27-13-5-3-10-22(27)25-20/h2-10,12-13,15-16H,11,14,17H2,1H3. The molecule has 0 aliphatic carbocycles. The van der Waals surface area contributed by atoms with Crippen molar-refractivity contribution in [2.24, 2.45) is 0 Å². The number of nitrogens with zero attached hydrogens (tertiary/aromatic N) is 4. The minimum atomic E-state index is -0.0425. The van der Waals surface area contributed by atoms with Gasteiger partial charge >= 0.3 is 0 Å². The van der Waals surface area contributed by atoms with Crippen molar-refractivity contribution in [2.45, 2.75) is 13.0 Å². The number of amides is 1. The van der Waals surface area contributed by atoms with Gasteiger partial charge in [0.15, 0.2) is 0 Å². The molecule has 0 fully saturated rings. The van der Waals surface area contributed by atoms with Crippen molar-refractivity contribution in [1.82, 2.24) is 19.3 Å². The van der Waals surface area contributed by atoms with Crippen LogP contribution in [0.1, 0.15) is 21.7 Å². The molecule has 3 heterocycles. The predicted octanol–water partition coefficient (Wildman–Crippen LogP) is 3.62. The largest absolute Gasteiger partial charge is 0.487 e. The fraction of sp³-hybridized carbons (Fsp3) is 0.174. The van der Waals surface area contributed by atoms with Crippen LogP contribution in [0.15, 0.2) is 79.3 Å². The molecule has 4 aromatic rings. The summed E-state index contributed by atoms with van der Waals surface area (Å²) in [7, 11) is 1.80. The van der Waals surface area contributed by atoms with E-state index in [-0.39, 0.29) is 5.91 Å². The molecule has 0 spiro atoms. The van der Waals surface area contributed by atoms with Gasteiger partial charge in [0.25, 0.3) is 5.91 Å². The van der Waals surface area contributed by atoms with Crippen LogP contribution in [0.25, 0.3) is 5.65 Å². The number of hydrogen-bond acceptors (Lipinski definition) is 4. The summed E-state index contributed by atoms with van der Waals surface area (Å²) < 4.78 is 7.82. The number of benzene rings is 1. The second-order valence-corrected chi connectivity index (χ2v) is 6.81. The lowest BCUT2D eigenvalue weighted by molar-refractivity contribution is 0.0796. The molecule has 6 heteroatoms. The van der Waals surface area contributed by atoms with E-state index < -0.39 is 0 Å². The zero-order chi connectivity index (χ0) is 20.1. The number of aromatic nitrogens is 3. The molecule has 0 N–H and O–H groups in total. The first kappa shape index (κ1) is 18.7. The van der Waals surface area contributed by atoms with Crippen molar-refractivity contribution >= 4 is 11.6 Å². The quantitative estimate of drug-likeness (QED) is 0.487. The Hall–Kier alpha value is -3.67. The van der Waals surface area contributed by atoms with Crippen molar-refractivity contribution in [3.63, 3.8) is 0 Å². The van der Waals surface area contributed by atoms with Crippen LogP contribution < -0.4 is 4.74 Å². The van der Waals surface area contributed by atoms with Gasteiger partial charge in [0.2, 0.25) is 0 Å². The van der Waals surface area contributed by atoms with Gasteiger partial charge in [0.1, 0.15) is 18.0 Å². The second kappa shape index (κ2) is 8.56. The minimum Gasteiger partial charge on any atom is -0.487 e. The maximum Gasteiger partial charge on any atom is 0.253 e. The van der Waals surface area contributed by atoms with E-state index in [2.05, 4.69) is 9.97 Å². The molecule has 1 amide bonds. The first-order chi connectivity index (χ1) is 14.2. The maximum absolute atomic E-state index is 12.7. The van der Waals surface area contributed by atoms with Gasteiger partial charge in [-0.1, -0.05) is 18.2 Å². The lowest BCUT2D eigenvalue weighted by Gasteiger charge is -2.17. The molecule has 4 rings (SSSR count). The Bertz CT molecular complexity index is 1080. The summed E-state index contributed by atoms with van der Waals surface area (Å²) in [6.07, 6.45) is 6.37. The highest BCUT2D eigenvalue weighted by molar-refractivity contribution is 5.94. The third kappa shape index (κ3) is 4.60. The fourth-order valence-corrected chi connectivity index (χ4v) is 3.08. The number of ether oxygens (including phenoxy) is 1. The van der Waals surface area contributed by atoms with E-state index in [1.54, 1.807) is 30.3 Å². The van der Waals surface area contributed by atoms with E-state index in [0.717, 1.165) is 17.0 Å². The molecule has 0 unspecified atom stereocenters. The van der Waals surface area contributed by atoms with Crippen LogP contribution in [0.4, 0.5) is 0 Å². The molecule has 1 aromatic carbocycles. The Morgan fingerprint density at radius 1 is 1.07 bits per heavy atom. The predicted molar refractivity (Wildman–Crippen MR) is 111 cm³/mol. The van der Waals surface area contributed by atoms with Gasteiger partial charge in [-0.2, -0.15) is 0 Å². The molecule has 0 saturated carbocycles. The summed E-state index contributed by atoms with van der Waals surface area (Å²) in [6, 6.07) is 18.9. The van der Waals surface area contributed by atoms with Gasteiger partial charge in [-0.25, -0.2) is 4.98 Å². The van der Waals surface area contributed by atoms with E-state index in [1.807, 2.05) is 65.3 Å². The molecule has 0 radical (unpaired) electrons. The van der Waals surface area contributed by atoms with Crippen molar-refractivity contribution in [2.75, 3.05) is 13.6 Å². The highest BCUT2D eigenvalue weighted by Crippen LogP contribution is 2.17. The molecule has 29 heavy (non-hydrogen) atoms. The van der Waals surface area contributed by atoms with Crippen molar-refractivity contribution in [3.8, 4) is 5.75 Å². The lowest BCUT2D eigenvalue weighted by Crippen LogP contribution is -2.29. The Balaban J connectivity index is 1.37. The Morgan fingerprint density at radius 2 is 1.97 bits per heavy atom. The number of fused-ring (bicyclic) bond motifs is 1. The van der Waals surface area contributed by atoms with Gasteiger partial charge in [-0.15, -0.1) is 0 Å². The lowest BCUT2D eigenvalue weighted by atomic mass is 10.2. The molecule has 0 atom stereocenters. The van der Waals surface area contributed by atoms with Crippen LogP contribution in [0, 0.1) is 0 Å². The van der Waals surface area contributed by atoms with Crippen molar-refractivity contribution in [1.29, 1.82) is 0 Å². The number of carbonyl (C=O) groups is 1. The molecular weight excluding hydrogens is 364 g/mol. The van der Waals surface area contributed by atoms with Crippen LogP contribution in [0.3, 0.4) is 0 Å². The number of likely N-dealkylation sites (N-methyl/N-ethyl adjacent to an activating group) is 1. The molecule has 0 bridgehead atoms. The summed E-state index contributed by atoms with van der Waals surface area (Å²) in [5.74, 6) is 0.602. The van der Waals surface area contributed by atoms with E-state index in [1.165, 1.54) is 0 Å². The zero-order valence-electron chi connectivity index (χ0n) is 16.2. The van der Waals surface area contributed by atoms with Crippen LogP contribution >= 0.6 is 0 Å². The van der Waals surface area contributed by atoms with Gasteiger partial charge in [-0.05, 0) is 42.5 Å². The van der Waals surface area contributed by atoms with Crippen LogP contribution in [-0.4, -0.2) is 38.8 Å². The topological polar surface area (TPSA) is 59.7 Å². The van der Waals surface area contributed by atoms with Gasteiger partial charge in [0.05, 0.1) is 5.69 Å². The molecule has 3 aromatic heterocycles. The van der Waals surface area contributed by atoms with E-state index in [0.29, 0.717) is 30.9 Å². The third-order valence-corrected chi connectivity index (χ3v) is 4.66. The molecule has 0 aliphatic rings. The summed E-state index contributed by atoms with van der Waals surface area (Å²) in [5, 5.41) is 0. The third-order valence-electron chi connectivity index (χ3n) is 4.66. The number of imidazole rings is 1. The van der Waals surface area contributed by atoms with Crippen molar-refractivity contribution < 1.29 is 9.53 Å². The first-order valence-electron chi connectivity index (χ1n) is 9.50. The smallest absolute Gasteiger partial charge is 0.253 e. The summed E-state index contributed by atoms with van der Waals surface area (Å²) in [6.45, 7) is 0.941. The first-order valence-corrected chi connectivity index (χ1v) is 9.50. The van der Waals surface area contributed by atoms with Gasteiger partial charge < -0.3 is 14.0 Å². The number of pyridine rings is 2. The van der Waals surface area contributed by atoms with Crippen LogP contribution in [0.5, 0.6) is 5.75 Å². The average Bonchev–Trinajstić information content (AvgIpc) is 3.19. The van der Waals surface area contributed by atoms with Crippen LogP contribution in [0.2, 0.25) is 0 Å². The monoisotopic (exact) mass is 386 g/mol. The van der Waals surface area contributed by atoms with E-state index in [4.69, 9.17) is 4.74 Å². The highest BCUT2D eigenvalue weighted by atomic mass is 16.5. The van der Waals surface area contributed by atoms with Crippen LogP contribution in [-0.2, 0) is 13.0 Å². The Labute approximate surface area is 169 Å². The summed E-state index contributed by atoms with van der Waals surface area (Å²) in [5.41, 5.74) is 3.28. The maximum atomic E-state index is 12.7. The number of carbonyl (C=O) groups excluding carboxylic acids is 1. The molecular formula is C23H22N4O2. The average molecular weight is 386 g/mol. The molecule has 0 aliphatic heterocycles. The molecule has 146 valence electrons. The Kier molecular flexibility index (Phi) is 5.52. The fourth-order valence-electron chi connectivity index (χ4n) is 3.08. The molecule has 0 saturated heterocycles. The summed E-state index contributed by atoms with van der Waals surface area (Å²) >= 11 is 0. The van der Waals surface area contributed by atoms with Gasteiger partial charge in [-0.3, -0.25) is 9.78 Å². The van der Waals surface area contributed by atoms with E-state index >= 15 is 0 Å². The van der Waals surface area contributed by atoms with Gasteiger partial charge in [0, 0.05) is 49.9 Å². The van der Waals surface area contributed by atoms with E-state index in [9.17, 15) is 4.79 Å². The summed E-state index contributed by atoms with van der Waals surface area (Å²) in [4.78, 5) is 23.3. The molecule has 6 nitrogen and oxygen atoms in total. The minimum absolute atomic E-state index is 0.0425. The second-order valence-electron chi connectivity index (χ2n) is 6.81. The number of rotatable bonds is 7. The normalized spacial score (nSPS) is 10.8. The Morgan fingerprint density at radius 3 is 2.79 bits per heavy atom. The zero-order valence-corrected chi connectivity index (χ0v) is 16.2. The highest BCUT2D eigenvalue weighted by Gasteiger charge is 2.13. The van der Waals surface area contributed by atoms with Crippen molar-refractivity contribution in [3.05, 3.63) is 96.2 Å².